The molecule has 1 radical (unpaired) electrons. The van der Waals surface area contributed by atoms with Gasteiger partial charge in [-0.2, -0.15) is 0 Å². The fraction of sp³-hybridized carbons (Fsp3) is 0.490. The maximum Gasteiger partial charge on any atom is 0.326 e. The van der Waals surface area contributed by atoms with Crippen LogP contribution in [0.4, 0.5) is 4.79 Å². The van der Waals surface area contributed by atoms with Crippen molar-refractivity contribution in [3.63, 3.8) is 0 Å². The van der Waals surface area contributed by atoms with Gasteiger partial charge < -0.3 is 56.8 Å². The van der Waals surface area contributed by atoms with Crippen molar-refractivity contribution < 1.29 is 115 Å². The molecule has 3 aromatic rings. The zero-order valence-electron chi connectivity index (χ0n) is 42.3. The van der Waals surface area contributed by atoms with Gasteiger partial charge in [-0.15, -0.1) is 0 Å². The van der Waals surface area contributed by atoms with E-state index in [2.05, 4.69) is 21.3 Å². The summed E-state index contributed by atoms with van der Waals surface area (Å²) in [5.74, 6) is -8.56. The third kappa shape index (κ3) is 21.8. The van der Waals surface area contributed by atoms with Crippen molar-refractivity contribution in [3.05, 3.63) is 82.9 Å². The van der Waals surface area contributed by atoms with Gasteiger partial charge in [0.05, 0.1) is 26.2 Å². The van der Waals surface area contributed by atoms with Crippen molar-refractivity contribution in [1.82, 2.24) is 45.8 Å². The van der Waals surface area contributed by atoms with Crippen LogP contribution >= 0.6 is 0 Å². The van der Waals surface area contributed by atoms with Gasteiger partial charge in [0, 0.05) is 127 Å². The van der Waals surface area contributed by atoms with Gasteiger partial charge in [-0.3, -0.25) is 53.2 Å². The minimum atomic E-state index is -1.56. The second kappa shape index (κ2) is 31.6. The summed E-state index contributed by atoms with van der Waals surface area (Å²) in [5, 5.41) is 68.4. The maximum atomic E-state index is 14.0. The van der Waals surface area contributed by atoms with Crippen LogP contribution in [0.3, 0.4) is 0 Å². The first-order valence-electron chi connectivity index (χ1n) is 25.0. The number of hydrogen-bond acceptors (Lipinski definition) is 14. The molecule has 2 heterocycles. The van der Waals surface area contributed by atoms with Crippen LogP contribution in [0.2, 0.25) is 0 Å². The Balaban J connectivity index is 0.0000128. The molecule has 2 aliphatic heterocycles. The molecule has 0 aliphatic carbocycles. The Morgan fingerprint density at radius 3 is 1.58 bits per heavy atom. The Morgan fingerprint density at radius 1 is 0.519 bits per heavy atom. The van der Waals surface area contributed by atoms with Gasteiger partial charge in [-0.1, -0.05) is 48.5 Å². The second-order valence-electron chi connectivity index (χ2n) is 18.9. The fourth-order valence-electron chi connectivity index (χ4n) is 8.98. The van der Waals surface area contributed by atoms with Crippen LogP contribution < -0.4 is 21.3 Å². The van der Waals surface area contributed by atoms with E-state index < -0.39 is 84.6 Å². The summed E-state index contributed by atoms with van der Waals surface area (Å²) >= 11 is 0. The summed E-state index contributed by atoms with van der Waals surface area (Å²) in [6.45, 7) is 1.80. The van der Waals surface area contributed by atoms with Crippen LogP contribution in [0.25, 0.3) is 10.8 Å². The van der Waals surface area contributed by atoms with Gasteiger partial charge in [0.2, 0.25) is 11.8 Å². The molecule has 1 saturated heterocycles. The summed E-state index contributed by atoms with van der Waals surface area (Å²) in [7, 11) is 0. The van der Waals surface area contributed by atoms with E-state index in [9.17, 15) is 73.5 Å². The fourth-order valence-corrected chi connectivity index (χ4v) is 8.98. The zero-order chi connectivity index (χ0) is 55.3. The summed E-state index contributed by atoms with van der Waals surface area (Å²) in [4.78, 5) is 132. The molecule has 5 rings (SSSR count). The van der Waals surface area contributed by atoms with Crippen molar-refractivity contribution in [3.8, 4) is 0 Å². The number of nitrogens with zero attached hydrogens (tertiary/aromatic N) is 5. The Kier molecular flexibility index (Phi) is 25.9. The van der Waals surface area contributed by atoms with Crippen molar-refractivity contribution in [2.75, 3.05) is 91.6 Å². The van der Waals surface area contributed by atoms with Gasteiger partial charge in [-0.25, -0.2) is 14.4 Å². The van der Waals surface area contributed by atoms with E-state index in [-0.39, 0.29) is 166 Å². The van der Waals surface area contributed by atoms with E-state index in [1.54, 1.807) is 37.8 Å². The number of aliphatic carboxylic acids is 6. The number of nitrogens with one attached hydrogen (secondary N) is 4. The van der Waals surface area contributed by atoms with Gasteiger partial charge in [-0.05, 0) is 71.7 Å². The normalized spacial score (nSPS) is 16.1. The van der Waals surface area contributed by atoms with Gasteiger partial charge >= 0.3 is 41.8 Å². The molecule has 3 atom stereocenters. The van der Waals surface area contributed by atoms with Crippen molar-refractivity contribution in [2.45, 2.75) is 69.6 Å². The average molecular weight is 1240 g/mol. The number of carbonyl (C=O) groups is 10. The van der Waals surface area contributed by atoms with Crippen LogP contribution in [-0.2, 0) is 57.7 Å². The summed E-state index contributed by atoms with van der Waals surface area (Å²) < 4.78 is 0. The van der Waals surface area contributed by atoms with Crippen LogP contribution in [-0.4, -0.2) is 224 Å². The third-order valence-electron chi connectivity index (χ3n) is 13.1. The van der Waals surface area contributed by atoms with Crippen molar-refractivity contribution >= 4 is 70.3 Å². The van der Waals surface area contributed by atoms with Crippen LogP contribution in [0.15, 0.2) is 60.7 Å². The van der Waals surface area contributed by atoms with Crippen LogP contribution in [0, 0.1) is 36.9 Å². The summed E-state index contributed by atoms with van der Waals surface area (Å²) in [5.41, 5.74) is 2.69. The number of carboxylic acids is 6. The molecule has 0 bridgehead atoms. The van der Waals surface area contributed by atoms with Crippen LogP contribution in [0.1, 0.15) is 59.2 Å². The molecule has 1 fully saturated rings. The van der Waals surface area contributed by atoms with E-state index in [1.807, 2.05) is 47.4 Å². The monoisotopic (exact) mass is 1240 g/mol. The topological polar surface area (TPSA) is 356 Å². The predicted molar refractivity (Wildman–Crippen MR) is 271 cm³/mol. The predicted octanol–water partition coefficient (Wildman–Crippen LogP) is -0.102. The molecule has 0 saturated carbocycles. The minimum absolute atomic E-state index is 0. The Bertz CT molecular complexity index is 2560. The molecule has 77 heavy (non-hydrogen) atoms. The van der Waals surface area contributed by atoms with Gasteiger partial charge in [0.25, 0.3) is 5.91 Å². The van der Waals surface area contributed by atoms with E-state index in [4.69, 9.17) is 5.11 Å². The number of hydrogen-bond donors (Lipinski definition) is 10. The third-order valence-corrected chi connectivity index (χ3v) is 13.1. The van der Waals surface area contributed by atoms with Crippen LogP contribution in [0.5, 0.6) is 0 Å². The maximum absolute atomic E-state index is 14.0. The molecule has 5 amide bonds. The number of urea groups is 1. The SMILES string of the molecule is O=C(O)CC[C@H](NC(=O)NC(CCCCNC(=O)[C@H](Cc1ccc2ccccc2c1)NC(=O)c1ccc2c(c1)CCN(C(=O)CN1CCN(CC(=O)O)CCN(CC(=O)O)CCN(CC(=O)O)CC1)C2)C(=O)O)C(=O)O.[Lu]. The molecular weight excluding hydrogens is 1170 g/mol. The number of benzene rings is 3. The van der Waals surface area contributed by atoms with E-state index in [1.165, 1.54) is 0 Å². The standard InChI is InChI=1S/C51H67N9O16.Lu/c61-42(29-56-17-19-57(30-44(64)65)21-23-59(32-46(68)69)24-22-58(20-18-56)31-45(66)67)60-16-14-36-27-37(10-11-38(36)28-60)47(70)53-41(26-33-8-9-34-5-1-2-6-35(34)25-33)48(71)52-15-4-3-7-39(49(72)73)54-51(76)55-40(50(74)75)12-13-43(62)63;/h1-2,5-6,8-11,25,27,39-41H,3-4,7,12-24,26,28-32H2,(H,52,71)(H,53,70)(H,62,63)(H,64,65)(H,66,67)(H,68,69)(H,72,73)(H,74,75)(H2,54,55,76);/t39?,40-,41-;/m0./s1. The van der Waals surface area contributed by atoms with Crippen molar-refractivity contribution in [1.29, 1.82) is 0 Å². The summed E-state index contributed by atoms with van der Waals surface area (Å²) in [6, 6.07) is 13.3. The Hall–Kier alpha value is -6.51. The first kappa shape index (κ1) is 63.0. The number of amides is 5. The second-order valence-corrected chi connectivity index (χ2v) is 18.9. The number of rotatable bonds is 25. The number of fused-ring (bicyclic) bond motifs is 2. The smallest absolute Gasteiger partial charge is 0.326 e. The van der Waals surface area contributed by atoms with E-state index >= 15 is 0 Å². The minimum Gasteiger partial charge on any atom is -0.481 e. The first-order valence-corrected chi connectivity index (χ1v) is 25.0. The van der Waals surface area contributed by atoms with Crippen molar-refractivity contribution in [2.24, 2.45) is 0 Å². The largest absolute Gasteiger partial charge is 0.481 e. The molecule has 0 aromatic heterocycles. The molecule has 3 aromatic carbocycles. The molecule has 0 spiro atoms. The first-order chi connectivity index (χ1) is 36.2. The Labute approximate surface area is 473 Å². The van der Waals surface area contributed by atoms with E-state index in [0.717, 1.165) is 27.5 Å². The quantitative estimate of drug-likeness (QED) is 0.0495. The molecule has 1 unspecified atom stereocenters. The Morgan fingerprint density at radius 2 is 1.05 bits per heavy atom. The molecule has 427 valence electrons. The average Bonchev–Trinajstić information content (AvgIpc) is 3.36. The summed E-state index contributed by atoms with van der Waals surface area (Å²) in [6.07, 6.45) is -0.0462. The zero-order valence-corrected chi connectivity index (χ0v) is 44.0. The molecule has 2 aliphatic rings. The van der Waals surface area contributed by atoms with E-state index in [0.29, 0.717) is 13.0 Å². The molecule has 26 heteroatoms. The number of carboxylic acid groups (broad SMARTS) is 6. The number of unbranched alkanes of at least 4 members (excludes halogenated alkanes) is 1. The van der Waals surface area contributed by atoms with Gasteiger partial charge in [0.1, 0.15) is 18.1 Å². The number of carbonyl (C=O) groups excluding carboxylic acids is 4. The van der Waals surface area contributed by atoms with Gasteiger partial charge in [0.15, 0.2) is 0 Å². The molecular formula is C51H67LuN9O16. The molecule has 10 N–H and O–H groups in total. The molecule has 25 nitrogen and oxygen atoms in total.